The van der Waals surface area contributed by atoms with Crippen molar-refractivity contribution in [2.24, 2.45) is 5.73 Å². The molecule has 0 aliphatic heterocycles. The quantitative estimate of drug-likeness (QED) is 0.360. The van der Waals surface area contributed by atoms with Gasteiger partial charge in [-0.15, -0.1) is 0 Å². The number of nitrogens with two attached hydrogens (primary N) is 1. The Balaban J connectivity index is 1.95. The summed E-state index contributed by atoms with van der Waals surface area (Å²) in [6.07, 6.45) is 0. The van der Waals surface area contributed by atoms with Gasteiger partial charge in [-0.25, -0.2) is 0 Å². The van der Waals surface area contributed by atoms with Crippen molar-refractivity contribution in [1.82, 2.24) is 4.98 Å². The second-order valence-corrected chi connectivity index (χ2v) is 8.93. The van der Waals surface area contributed by atoms with Gasteiger partial charge in [-0.05, 0) is 0 Å². The zero-order valence-electron chi connectivity index (χ0n) is 16.1. The van der Waals surface area contributed by atoms with Gasteiger partial charge in [0.05, 0.1) is 0 Å². The van der Waals surface area contributed by atoms with E-state index in [9.17, 15) is 18.4 Å². The molecule has 162 valence electrons. The van der Waals surface area contributed by atoms with E-state index in [0.717, 1.165) is 28.2 Å². The Morgan fingerprint density at radius 2 is 1.77 bits per heavy atom. The second kappa shape index (κ2) is 9.76. The van der Waals surface area contributed by atoms with E-state index >= 15 is 0 Å². The summed E-state index contributed by atoms with van der Waals surface area (Å²) in [5.74, 6) is -0.910. The van der Waals surface area contributed by atoms with Gasteiger partial charge in [0.2, 0.25) is 0 Å². The number of amides is 1. The molecule has 0 fully saturated rings. The van der Waals surface area contributed by atoms with Crippen molar-refractivity contribution < 1.29 is 23.1 Å². The fraction of sp³-hybridized carbons (Fsp3) is 0.150. The van der Waals surface area contributed by atoms with Crippen LogP contribution in [-0.4, -0.2) is 46.2 Å². The minimum atomic E-state index is -2.94. The van der Waals surface area contributed by atoms with Crippen LogP contribution in [0.4, 0.5) is 19.6 Å². The number of hydrogen-bond donors (Lipinski definition) is 1. The molecule has 1 heterocycles. The van der Waals surface area contributed by atoms with Crippen molar-refractivity contribution in [1.29, 1.82) is 0 Å². The SMILES string of the molecule is C[C@@H](C(N)=O)N(c1ccc(Cl)cc1)c1nc([AsH2])c(C(=O)c2ccc(OC(F)F)cc2)s1. The van der Waals surface area contributed by atoms with Crippen molar-refractivity contribution in [2.45, 2.75) is 19.6 Å². The number of halogens is 3. The third-order valence-electron chi connectivity index (χ3n) is 4.30. The zero-order chi connectivity index (χ0) is 22.7. The van der Waals surface area contributed by atoms with E-state index in [2.05, 4.69) is 9.72 Å². The Hall–Kier alpha value is -2.48. The molecule has 2 N–H and O–H groups in total. The van der Waals surface area contributed by atoms with Crippen LogP contribution in [0.1, 0.15) is 22.2 Å². The van der Waals surface area contributed by atoms with Gasteiger partial charge in [0, 0.05) is 0 Å². The number of hydrogen-bond acceptors (Lipinski definition) is 6. The molecule has 6 nitrogen and oxygen atoms in total. The fourth-order valence-electron chi connectivity index (χ4n) is 2.73. The first-order valence-electron chi connectivity index (χ1n) is 8.87. The summed E-state index contributed by atoms with van der Waals surface area (Å²) < 4.78 is 29.5. The third-order valence-corrected chi connectivity index (χ3v) is 6.94. The molecule has 0 aliphatic rings. The number of ether oxygens (including phenoxy) is 1. The van der Waals surface area contributed by atoms with Crippen LogP contribution in [0.15, 0.2) is 48.5 Å². The van der Waals surface area contributed by atoms with Crippen molar-refractivity contribution >= 4 is 66.8 Å². The molecule has 2 aromatic carbocycles. The van der Waals surface area contributed by atoms with Gasteiger partial charge in [-0.1, -0.05) is 0 Å². The van der Waals surface area contributed by atoms with Crippen molar-refractivity contribution in [3.8, 4) is 5.75 Å². The first-order valence-corrected chi connectivity index (χ1v) is 11.3. The Morgan fingerprint density at radius 1 is 1.16 bits per heavy atom. The van der Waals surface area contributed by atoms with E-state index in [-0.39, 0.29) is 11.5 Å². The fourth-order valence-corrected chi connectivity index (χ4v) is 5.01. The molecule has 2 atom stereocenters. The molecular weight excluding hydrogens is 511 g/mol. The van der Waals surface area contributed by atoms with Gasteiger partial charge in [0.1, 0.15) is 0 Å². The van der Waals surface area contributed by atoms with Crippen LogP contribution in [0.5, 0.6) is 5.75 Å². The number of carbonyl (C=O) groups is 2. The topological polar surface area (TPSA) is 85.5 Å². The Bertz CT molecular complexity index is 1090. The molecule has 0 saturated carbocycles. The molecule has 1 aromatic heterocycles. The van der Waals surface area contributed by atoms with Crippen LogP contribution >= 0.6 is 22.9 Å². The standard InChI is InChI=1S/C20H17AsClF2N3O3S/c1-10(18(25)29)27(13-6-4-12(22)5-7-13)20-26-17(21)16(31-20)15(28)11-2-8-14(9-3-11)30-19(23)24/h2-10,19H,21H2,1H3,(H2,25,29)/t10-/m0/s1. The van der Waals surface area contributed by atoms with E-state index < -0.39 is 18.6 Å². The molecule has 0 aliphatic carbocycles. The predicted octanol–water partition coefficient (Wildman–Crippen LogP) is 2.90. The van der Waals surface area contributed by atoms with Crippen molar-refractivity contribution in [2.75, 3.05) is 4.90 Å². The van der Waals surface area contributed by atoms with E-state index in [1.807, 2.05) is 0 Å². The van der Waals surface area contributed by atoms with Crippen LogP contribution < -0.4 is 19.9 Å². The van der Waals surface area contributed by atoms with Gasteiger partial charge >= 0.3 is 195 Å². The van der Waals surface area contributed by atoms with Crippen molar-refractivity contribution in [3.63, 3.8) is 0 Å². The van der Waals surface area contributed by atoms with Gasteiger partial charge in [0.25, 0.3) is 0 Å². The van der Waals surface area contributed by atoms with E-state index in [1.54, 1.807) is 36.1 Å². The number of anilines is 2. The normalized spacial score (nSPS) is 11.9. The zero-order valence-corrected chi connectivity index (χ0v) is 20.1. The molecule has 1 unspecified atom stereocenters. The summed E-state index contributed by atoms with van der Waals surface area (Å²) in [7, 11) is 0. The third kappa shape index (κ3) is 5.42. The first kappa shape index (κ1) is 23.2. The molecule has 3 aromatic rings. The van der Waals surface area contributed by atoms with Crippen LogP contribution in [0.25, 0.3) is 0 Å². The minimum absolute atomic E-state index is 0.0401. The Morgan fingerprint density at radius 3 is 2.32 bits per heavy atom. The Labute approximate surface area is 194 Å². The van der Waals surface area contributed by atoms with Crippen LogP contribution in [-0.2, 0) is 4.79 Å². The number of rotatable bonds is 8. The van der Waals surface area contributed by atoms with Gasteiger partial charge in [-0.3, -0.25) is 0 Å². The molecular formula is C20H17AsClF2N3O3S. The van der Waals surface area contributed by atoms with Crippen LogP contribution in [0.3, 0.4) is 0 Å². The number of ketones is 1. The van der Waals surface area contributed by atoms with Crippen LogP contribution in [0, 0.1) is 0 Å². The number of nitrogens with zero attached hydrogens (tertiary/aromatic N) is 2. The number of aromatic nitrogens is 1. The maximum absolute atomic E-state index is 13.0. The van der Waals surface area contributed by atoms with Crippen LogP contribution in [0.2, 0.25) is 5.02 Å². The van der Waals surface area contributed by atoms with Gasteiger partial charge in [-0.2, -0.15) is 0 Å². The number of alkyl halides is 2. The number of thiazole rings is 1. The van der Waals surface area contributed by atoms with Gasteiger partial charge in [0.15, 0.2) is 0 Å². The summed E-state index contributed by atoms with van der Waals surface area (Å²) in [6.45, 7) is -1.30. The molecule has 11 heteroatoms. The number of primary amides is 1. The summed E-state index contributed by atoms with van der Waals surface area (Å²) in [4.78, 5) is 31.4. The van der Waals surface area contributed by atoms with Gasteiger partial charge < -0.3 is 0 Å². The summed E-state index contributed by atoms with van der Waals surface area (Å²) >= 11 is 8.22. The summed E-state index contributed by atoms with van der Waals surface area (Å²) in [5, 5.41) is 0.957. The molecule has 3 rings (SSSR count). The first-order chi connectivity index (χ1) is 14.7. The van der Waals surface area contributed by atoms with E-state index in [1.165, 1.54) is 24.3 Å². The maximum atomic E-state index is 13.0. The molecule has 1 amide bonds. The number of carbonyl (C=O) groups excluding carboxylic acids is 2. The number of benzene rings is 2. The molecule has 0 saturated heterocycles. The second-order valence-electron chi connectivity index (χ2n) is 6.37. The monoisotopic (exact) mass is 527 g/mol. The summed E-state index contributed by atoms with van der Waals surface area (Å²) in [5.41, 5.74) is 6.47. The van der Waals surface area contributed by atoms with E-state index in [4.69, 9.17) is 17.3 Å². The average molecular weight is 528 g/mol. The van der Waals surface area contributed by atoms with E-state index in [0.29, 0.717) is 30.8 Å². The molecule has 0 radical (unpaired) electrons. The summed E-state index contributed by atoms with van der Waals surface area (Å²) in [6, 6.07) is 11.5. The molecule has 0 bridgehead atoms. The Kier molecular flexibility index (Phi) is 7.30. The predicted molar refractivity (Wildman–Crippen MR) is 119 cm³/mol. The molecule has 0 spiro atoms. The van der Waals surface area contributed by atoms with Crippen molar-refractivity contribution in [3.05, 3.63) is 64.0 Å². The average Bonchev–Trinajstić information content (AvgIpc) is 3.10. The molecule has 31 heavy (non-hydrogen) atoms.